The van der Waals surface area contributed by atoms with Crippen LogP contribution in [-0.2, 0) is 0 Å². The van der Waals surface area contributed by atoms with Crippen LogP contribution in [-0.4, -0.2) is 41.4 Å². The van der Waals surface area contributed by atoms with Crippen molar-refractivity contribution in [2.24, 2.45) is 0 Å². The third kappa shape index (κ3) is 1.89. The Morgan fingerprint density at radius 2 is 2.22 bits per heavy atom. The Balaban J connectivity index is 1.95. The maximum atomic E-state index is 8.90. The molecular weight excluding hydrogens is 228 g/mol. The number of hydrogen-bond acceptors (Lipinski definition) is 5. The summed E-state index contributed by atoms with van der Waals surface area (Å²) < 4.78 is 0. The Morgan fingerprint density at radius 3 is 3.11 bits per heavy atom. The van der Waals surface area contributed by atoms with Crippen molar-refractivity contribution >= 4 is 16.9 Å². The van der Waals surface area contributed by atoms with Crippen molar-refractivity contribution in [2.45, 2.75) is 6.42 Å². The van der Waals surface area contributed by atoms with E-state index in [1.165, 1.54) is 0 Å². The second kappa shape index (κ2) is 4.63. The fourth-order valence-corrected chi connectivity index (χ4v) is 2.23. The molecule has 92 valence electrons. The third-order valence-electron chi connectivity index (χ3n) is 3.18. The molecule has 0 spiro atoms. The zero-order valence-electron chi connectivity index (χ0n) is 9.98. The Bertz CT molecular complexity index is 588. The quantitative estimate of drug-likeness (QED) is 0.766. The first kappa shape index (κ1) is 11.0. The molecule has 2 aromatic heterocycles. The van der Waals surface area contributed by atoms with Crippen molar-refractivity contribution in [3.8, 4) is 6.07 Å². The van der Waals surface area contributed by atoms with E-state index in [1.807, 2.05) is 12.1 Å². The highest BCUT2D eigenvalue weighted by molar-refractivity contribution is 5.81. The van der Waals surface area contributed by atoms with Gasteiger partial charge in [0.2, 0.25) is 0 Å². The summed E-state index contributed by atoms with van der Waals surface area (Å²) in [6.45, 7) is 4.00. The number of anilines is 1. The molecule has 0 bridgehead atoms. The molecule has 1 aliphatic rings. The molecule has 6 nitrogen and oxygen atoms in total. The smallest absolute Gasteiger partial charge is 0.171 e. The number of rotatable bonds is 1. The van der Waals surface area contributed by atoms with Crippen LogP contribution in [0.4, 0.5) is 5.82 Å². The molecule has 6 heteroatoms. The summed E-state index contributed by atoms with van der Waals surface area (Å²) in [5.41, 5.74) is 1.09. The van der Waals surface area contributed by atoms with Gasteiger partial charge in [-0.3, -0.25) is 5.10 Å². The topological polar surface area (TPSA) is 80.6 Å². The van der Waals surface area contributed by atoms with Crippen LogP contribution in [0, 0.1) is 11.3 Å². The molecule has 1 saturated heterocycles. The third-order valence-corrected chi connectivity index (χ3v) is 3.18. The number of hydrogen-bond donors (Lipinski definition) is 2. The predicted octanol–water partition coefficient (Wildman–Crippen LogP) is 0.629. The molecule has 0 amide bonds. The largest absolute Gasteiger partial charge is 0.355 e. The van der Waals surface area contributed by atoms with Crippen molar-refractivity contribution in [1.29, 1.82) is 5.26 Å². The second-order valence-electron chi connectivity index (χ2n) is 4.34. The van der Waals surface area contributed by atoms with E-state index in [1.54, 1.807) is 0 Å². The molecular formula is C12H14N6. The fourth-order valence-electron chi connectivity index (χ4n) is 2.23. The van der Waals surface area contributed by atoms with Crippen LogP contribution < -0.4 is 10.2 Å². The summed E-state index contributed by atoms with van der Waals surface area (Å²) in [7, 11) is 0. The van der Waals surface area contributed by atoms with E-state index >= 15 is 0 Å². The predicted molar refractivity (Wildman–Crippen MR) is 68.3 cm³/mol. The van der Waals surface area contributed by atoms with Gasteiger partial charge in [0.15, 0.2) is 11.3 Å². The minimum absolute atomic E-state index is 0.404. The molecule has 3 heterocycles. The molecule has 0 atom stereocenters. The molecule has 0 unspecified atom stereocenters. The SMILES string of the molecule is N#Cc1n[nH]c2nc(N3CCCNCC3)ccc12. The minimum atomic E-state index is 0.404. The molecule has 1 aliphatic heterocycles. The van der Waals surface area contributed by atoms with Gasteiger partial charge in [0.05, 0.1) is 5.39 Å². The molecule has 18 heavy (non-hydrogen) atoms. The molecule has 2 aromatic rings. The molecule has 1 fully saturated rings. The van der Waals surface area contributed by atoms with E-state index in [0.29, 0.717) is 11.3 Å². The first-order valence-corrected chi connectivity index (χ1v) is 6.09. The summed E-state index contributed by atoms with van der Waals surface area (Å²) in [4.78, 5) is 6.79. The number of nitrogens with zero attached hydrogens (tertiary/aromatic N) is 4. The van der Waals surface area contributed by atoms with Crippen LogP contribution >= 0.6 is 0 Å². The van der Waals surface area contributed by atoms with Crippen LogP contribution in [0.1, 0.15) is 12.1 Å². The number of H-pyrrole nitrogens is 1. The number of nitrogens with one attached hydrogen (secondary N) is 2. The highest BCUT2D eigenvalue weighted by Gasteiger charge is 2.13. The lowest BCUT2D eigenvalue weighted by Crippen LogP contribution is -2.28. The number of fused-ring (bicyclic) bond motifs is 1. The van der Waals surface area contributed by atoms with Crippen LogP contribution in [0.3, 0.4) is 0 Å². The van der Waals surface area contributed by atoms with Crippen molar-refractivity contribution < 1.29 is 0 Å². The zero-order chi connectivity index (χ0) is 12.4. The highest BCUT2D eigenvalue weighted by atomic mass is 15.2. The van der Waals surface area contributed by atoms with Crippen LogP contribution in [0.25, 0.3) is 11.0 Å². The van der Waals surface area contributed by atoms with Gasteiger partial charge in [-0.05, 0) is 25.1 Å². The van der Waals surface area contributed by atoms with Crippen molar-refractivity contribution in [2.75, 3.05) is 31.1 Å². The lowest BCUT2D eigenvalue weighted by Gasteiger charge is -2.20. The van der Waals surface area contributed by atoms with E-state index in [0.717, 1.165) is 43.8 Å². The average Bonchev–Trinajstić information content (AvgIpc) is 2.62. The van der Waals surface area contributed by atoms with Crippen LogP contribution in [0.2, 0.25) is 0 Å². The molecule has 0 radical (unpaired) electrons. The minimum Gasteiger partial charge on any atom is -0.355 e. The first-order chi connectivity index (χ1) is 8.88. The maximum absolute atomic E-state index is 8.90. The van der Waals surface area contributed by atoms with Crippen molar-refractivity contribution in [1.82, 2.24) is 20.5 Å². The molecule has 0 saturated carbocycles. The summed E-state index contributed by atoms with van der Waals surface area (Å²) in [5, 5.41) is 19.8. The van der Waals surface area contributed by atoms with E-state index in [9.17, 15) is 0 Å². The standard InChI is InChI=1S/C12H14N6/c13-8-10-9-2-3-11(15-12(9)17-16-10)18-6-1-4-14-5-7-18/h2-3,14H,1,4-7H2,(H,15,16,17). The first-order valence-electron chi connectivity index (χ1n) is 6.09. The zero-order valence-corrected chi connectivity index (χ0v) is 9.98. The second-order valence-corrected chi connectivity index (χ2v) is 4.34. The fraction of sp³-hybridized carbons (Fsp3) is 0.417. The van der Waals surface area contributed by atoms with Gasteiger partial charge in [-0.1, -0.05) is 0 Å². The van der Waals surface area contributed by atoms with Crippen LogP contribution in [0.15, 0.2) is 12.1 Å². The van der Waals surface area contributed by atoms with E-state index < -0.39 is 0 Å². The monoisotopic (exact) mass is 242 g/mol. The number of aromatic amines is 1. The number of nitriles is 1. The average molecular weight is 242 g/mol. The molecule has 3 rings (SSSR count). The molecule has 0 aliphatic carbocycles. The van der Waals surface area contributed by atoms with Crippen LogP contribution in [0.5, 0.6) is 0 Å². The van der Waals surface area contributed by atoms with Crippen molar-refractivity contribution in [3.63, 3.8) is 0 Å². The van der Waals surface area contributed by atoms with Crippen molar-refractivity contribution in [3.05, 3.63) is 17.8 Å². The van der Waals surface area contributed by atoms with Gasteiger partial charge in [0.1, 0.15) is 11.9 Å². The van der Waals surface area contributed by atoms with E-state index in [4.69, 9.17) is 5.26 Å². The Labute approximate surface area is 105 Å². The number of aromatic nitrogens is 3. The van der Waals surface area contributed by atoms with E-state index in [2.05, 4.69) is 31.5 Å². The summed E-state index contributed by atoms with van der Waals surface area (Å²) in [6, 6.07) is 5.93. The summed E-state index contributed by atoms with van der Waals surface area (Å²) >= 11 is 0. The Morgan fingerprint density at radius 1 is 1.28 bits per heavy atom. The normalized spacial score (nSPS) is 16.5. The van der Waals surface area contributed by atoms with Gasteiger partial charge in [0.25, 0.3) is 0 Å². The van der Waals surface area contributed by atoms with Gasteiger partial charge in [-0.2, -0.15) is 10.4 Å². The lowest BCUT2D eigenvalue weighted by molar-refractivity contribution is 0.724. The molecule has 2 N–H and O–H groups in total. The number of pyridine rings is 1. The van der Waals surface area contributed by atoms with Gasteiger partial charge in [0, 0.05) is 19.6 Å². The Kier molecular flexibility index (Phi) is 2.82. The van der Waals surface area contributed by atoms with Gasteiger partial charge in [-0.15, -0.1) is 0 Å². The summed E-state index contributed by atoms with van der Waals surface area (Å²) in [6.07, 6.45) is 1.12. The maximum Gasteiger partial charge on any atom is 0.171 e. The Hall–Kier alpha value is -2.13. The van der Waals surface area contributed by atoms with E-state index in [-0.39, 0.29) is 0 Å². The molecule has 0 aromatic carbocycles. The van der Waals surface area contributed by atoms with Gasteiger partial charge < -0.3 is 10.2 Å². The highest BCUT2D eigenvalue weighted by Crippen LogP contribution is 2.19. The van der Waals surface area contributed by atoms with Gasteiger partial charge in [-0.25, -0.2) is 4.98 Å². The summed E-state index contributed by atoms with van der Waals surface area (Å²) in [5.74, 6) is 0.944. The lowest BCUT2D eigenvalue weighted by atomic mass is 10.2. The van der Waals surface area contributed by atoms with Gasteiger partial charge >= 0.3 is 0 Å².